The molecule has 28 heavy (non-hydrogen) atoms. The van der Waals surface area contributed by atoms with Crippen LogP contribution < -0.4 is 11.1 Å². The summed E-state index contributed by atoms with van der Waals surface area (Å²) < 4.78 is 25.5. The second-order valence-corrected chi connectivity index (χ2v) is 8.07. The van der Waals surface area contributed by atoms with E-state index >= 15 is 0 Å². The number of nitrogens with two attached hydrogens (primary N) is 1. The van der Waals surface area contributed by atoms with Crippen LogP contribution in [0, 0.1) is 5.82 Å². The Morgan fingerprint density at radius 2 is 1.89 bits per heavy atom. The van der Waals surface area contributed by atoms with Crippen molar-refractivity contribution in [1.29, 1.82) is 0 Å². The zero-order valence-electron chi connectivity index (χ0n) is 15.9. The van der Waals surface area contributed by atoms with E-state index < -0.39 is 10.8 Å². The second kappa shape index (κ2) is 8.63. The summed E-state index contributed by atoms with van der Waals surface area (Å²) in [6, 6.07) is 12.2. The molecule has 1 aliphatic rings. The molecule has 146 valence electrons. The highest BCUT2D eigenvalue weighted by Gasteiger charge is 2.25. The minimum absolute atomic E-state index is 0.133. The van der Waals surface area contributed by atoms with E-state index in [-0.39, 0.29) is 18.1 Å². The van der Waals surface area contributed by atoms with Crippen LogP contribution in [0.3, 0.4) is 0 Å². The Morgan fingerprint density at radius 1 is 1.18 bits per heavy atom. The van der Waals surface area contributed by atoms with Gasteiger partial charge in [-0.2, -0.15) is 0 Å². The molecular formula is C22H23FN2O2S. The van der Waals surface area contributed by atoms with Gasteiger partial charge in [0.25, 0.3) is 0 Å². The van der Waals surface area contributed by atoms with Crippen LogP contribution in [0.4, 0.5) is 4.39 Å². The van der Waals surface area contributed by atoms with Crippen molar-refractivity contribution >= 4 is 33.9 Å². The summed E-state index contributed by atoms with van der Waals surface area (Å²) in [7, 11) is -1.03. The Balaban J connectivity index is 2.01. The molecule has 0 radical (unpaired) electrons. The smallest absolute Gasteiger partial charge is 0.224 e. The number of allylic oxidation sites excluding steroid dienone is 2. The lowest BCUT2D eigenvalue weighted by molar-refractivity contribution is -0.120. The van der Waals surface area contributed by atoms with Crippen LogP contribution in [0.1, 0.15) is 30.0 Å². The monoisotopic (exact) mass is 398 g/mol. The van der Waals surface area contributed by atoms with Crippen molar-refractivity contribution in [2.45, 2.75) is 18.2 Å². The van der Waals surface area contributed by atoms with Crippen molar-refractivity contribution in [2.24, 2.45) is 5.73 Å². The average molecular weight is 399 g/mol. The van der Waals surface area contributed by atoms with Gasteiger partial charge in [-0.15, -0.1) is 0 Å². The summed E-state index contributed by atoms with van der Waals surface area (Å²) in [6.45, 7) is 2.73. The third kappa shape index (κ3) is 4.29. The van der Waals surface area contributed by atoms with Crippen molar-refractivity contribution in [3.05, 3.63) is 70.5 Å². The quantitative estimate of drug-likeness (QED) is 0.784. The Kier molecular flexibility index (Phi) is 6.21. The van der Waals surface area contributed by atoms with Gasteiger partial charge in [0.2, 0.25) is 5.91 Å². The molecule has 1 aliphatic carbocycles. The van der Waals surface area contributed by atoms with Gasteiger partial charge >= 0.3 is 0 Å². The lowest BCUT2D eigenvalue weighted by Gasteiger charge is -2.07. The molecule has 0 heterocycles. The molecule has 4 nitrogen and oxygen atoms in total. The standard InChI is InChI=1S/C22H23FN2O2S/c1-14-19(11-15-3-6-17(7-4-15)28(2)27)18-8-5-16(23)12-21(18)20(14)13-22(26)25-10-9-24/h3-8,11-12H,9-10,13,24H2,1-2H3,(H,25,26). The minimum atomic E-state index is -1.03. The maximum Gasteiger partial charge on any atom is 0.224 e. The molecule has 0 fully saturated rings. The molecule has 0 saturated heterocycles. The number of carbonyl (C=O) groups is 1. The predicted molar refractivity (Wildman–Crippen MR) is 112 cm³/mol. The number of carbonyl (C=O) groups excluding carboxylic acids is 1. The van der Waals surface area contributed by atoms with E-state index in [1.165, 1.54) is 12.1 Å². The number of hydrogen-bond donors (Lipinski definition) is 2. The van der Waals surface area contributed by atoms with Gasteiger partial charge < -0.3 is 11.1 Å². The first kappa shape index (κ1) is 20.2. The lowest BCUT2D eigenvalue weighted by atomic mass is 10.0. The van der Waals surface area contributed by atoms with Crippen molar-refractivity contribution in [1.82, 2.24) is 5.32 Å². The van der Waals surface area contributed by atoms with E-state index in [0.717, 1.165) is 38.3 Å². The largest absolute Gasteiger partial charge is 0.355 e. The molecule has 1 atom stereocenters. The van der Waals surface area contributed by atoms with Crippen molar-refractivity contribution < 1.29 is 13.4 Å². The highest BCUT2D eigenvalue weighted by atomic mass is 32.2. The van der Waals surface area contributed by atoms with Crippen LogP contribution in [0.25, 0.3) is 17.2 Å². The molecule has 2 aromatic rings. The SMILES string of the molecule is CC1=C(CC(=O)NCCN)c2cc(F)ccc2C1=Cc1ccc(S(C)=O)cc1. The third-order valence-corrected chi connectivity index (χ3v) is 5.72. The molecule has 0 aromatic heterocycles. The van der Waals surface area contributed by atoms with E-state index in [9.17, 15) is 13.4 Å². The maximum absolute atomic E-state index is 13.9. The van der Waals surface area contributed by atoms with Gasteiger partial charge in [-0.1, -0.05) is 18.2 Å². The minimum Gasteiger partial charge on any atom is -0.355 e. The molecule has 0 saturated carbocycles. The van der Waals surface area contributed by atoms with E-state index in [1.54, 1.807) is 12.3 Å². The zero-order valence-corrected chi connectivity index (χ0v) is 16.7. The van der Waals surface area contributed by atoms with Gasteiger partial charge in [0.1, 0.15) is 5.82 Å². The van der Waals surface area contributed by atoms with Crippen LogP contribution in [-0.4, -0.2) is 29.5 Å². The Labute approximate surface area is 166 Å². The van der Waals surface area contributed by atoms with Crippen molar-refractivity contribution in [3.63, 3.8) is 0 Å². The maximum atomic E-state index is 13.9. The second-order valence-electron chi connectivity index (χ2n) is 6.69. The van der Waals surface area contributed by atoms with Crippen LogP contribution in [0.2, 0.25) is 0 Å². The first-order valence-electron chi connectivity index (χ1n) is 9.03. The lowest BCUT2D eigenvalue weighted by Crippen LogP contribution is -2.28. The molecule has 0 bridgehead atoms. The van der Waals surface area contributed by atoms with Gasteiger partial charge in [0, 0.05) is 35.0 Å². The molecule has 1 amide bonds. The number of halogens is 1. The van der Waals surface area contributed by atoms with E-state index in [4.69, 9.17) is 5.73 Å². The molecule has 3 N–H and O–H groups in total. The first-order valence-corrected chi connectivity index (χ1v) is 10.6. The summed E-state index contributed by atoms with van der Waals surface area (Å²) in [5.41, 5.74) is 10.8. The van der Waals surface area contributed by atoms with Crippen LogP contribution in [-0.2, 0) is 15.6 Å². The molecule has 0 spiro atoms. The van der Waals surface area contributed by atoms with E-state index in [2.05, 4.69) is 5.32 Å². The van der Waals surface area contributed by atoms with Crippen molar-refractivity contribution in [2.75, 3.05) is 19.3 Å². The molecule has 0 aliphatic heterocycles. The van der Waals surface area contributed by atoms with Gasteiger partial charge in [-0.25, -0.2) is 4.39 Å². The highest BCUT2D eigenvalue weighted by molar-refractivity contribution is 7.84. The topological polar surface area (TPSA) is 72.2 Å². The third-order valence-electron chi connectivity index (χ3n) is 4.78. The molecule has 1 unspecified atom stereocenters. The van der Waals surface area contributed by atoms with Crippen molar-refractivity contribution in [3.8, 4) is 0 Å². The number of hydrogen-bond acceptors (Lipinski definition) is 3. The normalized spacial score (nSPS) is 15.6. The first-order chi connectivity index (χ1) is 13.4. The summed E-state index contributed by atoms with van der Waals surface area (Å²) in [4.78, 5) is 13.0. The van der Waals surface area contributed by atoms with Crippen LogP contribution >= 0.6 is 0 Å². The fourth-order valence-electron chi connectivity index (χ4n) is 3.34. The summed E-state index contributed by atoms with van der Waals surface area (Å²) in [5, 5.41) is 2.77. The zero-order chi connectivity index (χ0) is 20.3. The number of benzene rings is 2. The Bertz CT molecular complexity index is 994. The molecule has 3 rings (SSSR count). The average Bonchev–Trinajstić information content (AvgIpc) is 2.92. The van der Waals surface area contributed by atoms with Gasteiger partial charge in [-0.05, 0) is 70.7 Å². The van der Waals surface area contributed by atoms with Crippen LogP contribution in [0.5, 0.6) is 0 Å². The van der Waals surface area contributed by atoms with E-state index in [1.807, 2.05) is 37.3 Å². The summed E-state index contributed by atoms with van der Waals surface area (Å²) in [6.07, 6.45) is 3.83. The number of nitrogens with one attached hydrogen (secondary N) is 1. The van der Waals surface area contributed by atoms with E-state index in [0.29, 0.717) is 13.1 Å². The summed E-state index contributed by atoms with van der Waals surface area (Å²) in [5.74, 6) is -0.464. The van der Waals surface area contributed by atoms with Crippen LogP contribution in [0.15, 0.2) is 52.9 Å². The van der Waals surface area contributed by atoms with Gasteiger partial charge in [-0.3, -0.25) is 9.00 Å². The molecular weight excluding hydrogens is 375 g/mol. The number of fused-ring (bicyclic) bond motifs is 1. The number of amides is 1. The highest BCUT2D eigenvalue weighted by Crippen LogP contribution is 2.43. The number of rotatable bonds is 6. The molecule has 6 heteroatoms. The van der Waals surface area contributed by atoms with Gasteiger partial charge in [0.05, 0.1) is 6.42 Å². The summed E-state index contributed by atoms with van der Waals surface area (Å²) >= 11 is 0. The molecule has 2 aromatic carbocycles. The Morgan fingerprint density at radius 3 is 2.54 bits per heavy atom. The Hall–Kier alpha value is -2.57. The fourth-order valence-corrected chi connectivity index (χ4v) is 3.86. The fraction of sp³-hybridized carbons (Fsp3) is 0.227. The van der Waals surface area contributed by atoms with Gasteiger partial charge in [0.15, 0.2) is 0 Å². The predicted octanol–water partition coefficient (Wildman–Crippen LogP) is 3.36.